The van der Waals surface area contributed by atoms with E-state index in [-0.39, 0.29) is 12.4 Å². The average Bonchev–Trinajstić information content (AvgIpc) is 2.23. The third kappa shape index (κ3) is 3.66. The smallest absolute Gasteiger partial charge is 0.317 e. The fourth-order valence-electron chi connectivity index (χ4n) is 1.20. The Morgan fingerprint density at radius 2 is 2.25 bits per heavy atom. The number of carbonyl (C=O) groups excluding carboxylic acids is 1. The highest BCUT2D eigenvalue weighted by Crippen LogP contribution is 2.10. The molecule has 16 heavy (non-hydrogen) atoms. The van der Waals surface area contributed by atoms with Gasteiger partial charge in [0.2, 0.25) is 0 Å². The highest BCUT2D eigenvalue weighted by molar-refractivity contribution is 5.72. The molecule has 0 aliphatic heterocycles. The molecule has 1 aromatic rings. The minimum Gasteiger partial charge on any atom is -0.465 e. The van der Waals surface area contributed by atoms with Gasteiger partial charge < -0.3 is 10.5 Å². The van der Waals surface area contributed by atoms with E-state index < -0.39 is 0 Å². The lowest BCUT2D eigenvalue weighted by Crippen LogP contribution is -2.01. The summed E-state index contributed by atoms with van der Waals surface area (Å²) in [7, 11) is 0. The van der Waals surface area contributed by atoms with Gasteiger partial charge in [0.15, 0.2) is 0 Å². The predicted molar refractivity (Wildman–Crippen MR) is 63.7 cm³/mol. The number of ether oxygens (including phenoxy) is 1. The molecule has 0 unspecified atom stereocenters. The lowest BCUT2D eigenvalue weighted by atomic mass is 10.1. The Labute approximate surface area is 95.6 Å². The first kappa shape index (κ1) is 12.1. The summed E-state index contributed by atoms with van der Waals surface area (Å²) in [5.41, 5.74) is 8.22. The van der Waals surface area contributed by atoms with Crippen LogP contribution >= 0.6 is 0 Å². The maximum absolute atomic E-state index is 11.0. The number of nitrogens with two attached hydrogens (primary N) is 1. The molecule has 1 aromatic carbocycles. The van der Waals surface area contributed by atoms with E-state index in [0.29, 0.717) is 12.3 Å². The van der Waals surface area contributed by atoms with E-state index in [9.17, 15) is 4.79 Å². The van der Waals surface area contributed by atoms with E-state index in [1.165, 1.54) is 0 Å². The molecule has 0 aliphatic rings. The van der Waals surface area contributed by atoms with Gasteiger partial charge in [-0.2, -0.15) is 0 Å². The second-order valence-corrected chi connectivity index (χ2v) is 3.36. The van der Waals surface area contributed by atoms with E-state index in [2.05, 4.69) is 11.8 Å². The van der Waals surface area contributed by atoms with Gasteiger partial charge in [0.05, 0.1) is 6.61 Å². The molecule has 0 amide bonds. The molecule has 0 bridgehead atoms. The standard InChI is InChI=1S/C13H15NO2/c1-3-16-13(15)6-4-5-11-9-12(14)8-7-10(11)2/h7-9H,3,6,14H2,1-2H3. The minimum absolute atomic E-state index is 0.113. The van der Waals surface area contributed by atoms with Crippen LogP contribution in [0.2, 0.25) is 0 Å². The lowest BCUT2D eigenvalue weighted by Gasteiger charge is -1.99. The van der Waals surface area contributed by atoms with E-state index >= 15 is 0 Å². The number of hydrogen-bond donors (Lipinski definition) is 1. The molecule has 0 spiro atoms. The van der Waals surface area contributed by atoms with Crippen LogP contribution in [0.25, 0.3) is 0 Å². The third-order valence-electron chi connectivity index (χ3n) is 2.02. The van der Waals surface area contributed by atoms with E-state index in [1.54, 1.807) is 13.0 Å². The molecular formula is C13H15NO2. The van der Waals surface area contributed by atoms with Crippen LogP contribution in [0.15, 0.2) is 18.2 Å². The lowest BCUT2D eigenvalue weighted by molar-refractivity contribution is -0.141. The molecule has 0 radical (unpaired) electrons. The van der Waals surface area contributed by atoms with Crippen LogP contribution in [-0.4, -0.2) is 12.6 Å². The molecule has 1 rings (SSSR count). The summed E-state index contributed by atoms with van der Waals surface area (Å²) in [6.45, 7) is 4.11. The Bertz CT molecular complexity index is 441. The van der Waals surface area contributed by atoms with Gasteiger partial charge in [-0.3, -0.25) is 4.79 Å². The van der Waals surface area contributed by atoms with Crippen LogP contribution in [0, 0.1) is 18.8 Å². The summed E-state index contributed by atoms with van der Waals surface area (Å²) in [6, 6.07) is 5.53. The maximum atomic E-state index is 11.0. The maximum Gasteiger partial charge on any atom is 0.317 e. The van der Waals surface area contributed by atoms with Crippen LogP contribution < -0.4 is 5.73 Å². The average molecular weight is 217 g/mol. The van der Waals surface area contributed by atoms with Crippen molar-refractivity contribution >= 4 is 11.7 Å². The monoisotopic (exact) mass is 217 g/mol. The van der Waals surface area contributed by atoms with Gasteiger partial charge in [-0.15, -0.1) is 0 Å². The molecule has 0 aromatic heterocycles. The number of anilines is 1. The van der Waals surface area contributed by atoms with Crippen molar-refractivity contribution in [1.82, 2.24) is 0 Å². The molecule has 0 fully saturated rings. The first-order valence-electron chi connectivity index (χ1n) is 5.14. The Kier molecular flexibility index (Phi) is 4.41. The van der Waals surface area contributed by atoms with E-state index in [4.69, 9.17) is 10.5 Å². The number of esters is 1. The molecule has 3 nitrogen and oxygen atoms in total. The zero-order valence-electron chi connectivity index (χ0n) is 9.54. The minimum atomic E-state index is -0.295. The van der Waals surface area contributed by atoms with E-state index in [0.717, 1.165) is 11.1 Å². The summed E-state index contributed by atoms with van der Waals surface area (Å²) in [4.78, 5) is 11.0. The van der Waals surface area contributed by atoms with Crippen LogP contribution in [-0.2, 0) is 9.53 Å². The van der Waals surface area contributed by atoms with Crippen molar-refractivity contribution in [2.24, 2.45) is 0 Å². The summed E-state index contributed by atoms with van der Waals surface area (Å²) in [5, 5.41) is 0. The largest absolute Gasteiger partial charge is 0.465 e. The Morgan fingerprint density at radius 3 is 2.94 bits per heavy atom. The quantitative estimate of drug-likeness (QED) is 0.467. The summed E-state index contributed by atoms with van der Waals surface area (Å²) in [5.74, 6) is 5.39. The predicted octanol–water partition coefficient (Wildman–Crippen LogP) is 1.88. The van der Waals surface area contributed by atoms with Gasteiger partial charge in [0, 0.05) is 11.3 Å². The van der Waals surface area contributed by atoms with Crippen molar-refractivity contribution in [3.8, 4) is 11.8 Å². The normalized spacial score (nSPS) is 9.12. The van der Waals surface area contributed by atoms with Crippen LogP contribution in [0.1, 0.15) is 24.5 Å². The summed E-state index contributed by atoms with van der Waals surface area (Å²) < 4.78 is 4.77. The molecule has 0 saturated carbocycles. The van der Waals surface area contributed by atoms with Crippen molar-refractivity contribution in [3.05, 3.63) is 29.3 Å². The Balaban J connectivity index is 2.69. The molecule has 0 atom stereocenters. The zero-order valence-corrected chi connectivity index (χ0v) is 9.54. The first-order chi connectivity index (χ1) is 7.63. The highest BCUT2D eigenvalue weighted by atomic mass is 16.5. The third-order valence-corrected chi connectivity index (χ3v) is 2.02. The molecule has 84 valence electrons. The van der Waals surface area contributed by atoms with Crippen LogP contribution in [0.3, 0.4) is 0 Å². The number of hydrogen-bond acceptors (Lipinski definition) is 3. The van der Waals surface area contributed by atoms with Crippen molar-refractivity contribution in [2.75, 3.05) is 12.3 Å². The van der Waals surface area contributed by atoms with Gasteiger partial charge >= 0.3 is 5.97 Å². The van der Waals surface area contributed by atoms with Gasteiger partial charge in [-0.1, -0.05) is 17.9 Å². The molecule has 2 N–H and O–H groups in total. The summed E-state index contributed by atoms with van der Waals surface area (Å²) in [6.07, 6.45) is 0.113. The second kappa shape index (κ2) is 5.82. The number of aryl methyl sites for hydroxylation is 1. The molecular weight excluding hydrogens is 202 g/mol. The van der Waals surface area contributed by atoms with Gasteiger partial charge in [0.1, 0.15) is 6.42 Å². The van der Waals surface area contributed by atoms with Gasteiger partial charge in [0.25, 0.3) is 0 Å². The molecule has 0 saturated heterocycles. The number of carbonyl (C=O) groups is 1. The fourth-order valence-corrected chi connectivity index (χ4v) is 1.20. The summed E-state index contributed by atoms with van der Waals surface area (Å²) >= 11 is 0. The fraction of sp³-hybridized carbons (Fsp3) is 0.308. The van der Waals surface area contributed by atoms with Crippen molar-refractivity contribution in [1.29, 1.82) is 0 Å². The van der Waals surface area contributed by atoms with Crippen LogP contribution in [0.4, 0.5) is 5.69 Å². The van der Waals surface area contributed by atoms with Crippen molar-refractivity contribution in [3.63, 3.8) is 0 Å². The topological polar surface area (TPSA) is 52.3 Å². The Hall–Kier alpha value is -1.95. The first-order valence-corrected chi connectivity index (χ1v) is 5.14. The highest BCUT2D eigenvalue weighted by Gasteiger charge is 1.97. The van der Waals surface area contributed by atoms with E-state index in [1.807, 2.05) is 19.1 Å². The molecule has 3 heteroatoms. The molecule has 0 heterocycles. The van der Waals surface area contributed by atoms with Gasteiger partial charge in [-0.25, -0.2) is 0 Å². The Morgan fingerprint density at radius 1 is 1.50 bits per heavy atom. The zero-order chi connectivity index (χ0) is 12.0. The second-order valence-electron chi connectivity index (χ2n) is 3.36. The molecule has 0 aliphatic carbocycles. The van der Waals surface area contributed by atoms with Gasteiger partial charge in [-0.05, 0) is 31.5 Å². The van der Waals surface area contributed by atoms with Crippen molar-refractivity contribution < 1.29 is 9.53 Å². The van der Waals surface area contributed by atoms with Crippen molar-refractivity contribution in [2.45, 2.75) is 20.3 Å². The number of benzene rings is 1. The number of nitrogen functional groups attached to an aromatic ring is 1. The van der Waals surface area contributed by atoms with Crippen LogP contribution in [0.5, 0.6) is 0 Å². The SMILES string of the molecule is CCOC(=O)CC#Cc1cc(N)ccc1C. The number of rotatable bonds is 2.